The molecule has 8 heteroatoms. The van der Waals surface area contributed by atoms with E-state index in [9.17, 15) is 4.79 Å². The third-order valence-electron chi connectivity index (χ3n) is 4.72. The standard InChI is InChI=1S/C22H24N4O2S2/c1-15(27)24-16-7-9-17(10-8-16)29-21-20(18-5-3-4-6-19(18)28-2)25-22(30-21)26-13-11-23-12-14-26/h3-10,23H,11-14H2,1-2H3,(H,24,27). The summed E-state index contributed by atoms with van der Waals surface area (Å²) in [4.78, 5) is 19.7. The number of rotatable bonds is 6. The Kier molecular flexibility index (Phi) is 6.56. The molecule has 156 valence electrons. The van der Waals surface area contributed by atoms with Crippen molar-refractivity contribution in [3.05, 3.63) is 48.5 Å². The molecule has 4 rings (SSSR count). The molecule has 3 aromatic rings. The molecule has 2 N–H and O–H groups in total. The van der Waals surface area contributed by atoms with E-state index in [2.05, 4.69) is 21.6 Å². The Morgan fingerprint density at radius 1 is 1.17 bits per heavy atom. The highest BCUT2D eigenvalue weighted by Gasteiger charge is 2.21. The van der Waals surface area contributed by atoms with Crippen molar-refractivity contribution in [3.63, 3.8) is 0 Å². The van der Waals surface area contributed by atoms with E-state index >= 15 is 0 Å². The number of carbonyl (C=O) groups excluding carboxylic acids is 1. The van der Waals surface area contributed by atoms with Gasteiger partial charge in [0.05, 0.1) is 11.3 Å². The van der Waals surface area contributed by atoms with Crippen molar-refractivity contribution in [3.8, 4) is 17.0 Å². The number of hydrogen-bond acceptors (Lipinski definition) is 7. The highest BCUT2D eigenvalue weighted by molar-refractivity contribution is 8.01. The molecule has 0 bridgehead atoms. The lowest BCUT2D eigenvalue weighted by molar-refractivity contribution is -0.114. The quantitative estimate of drug-likeness (QED) is 0.595. The van der Waals surface area contributed by atoms with Crippen LogP contribution < -0.4 is 20.3 Å². The first-order valence-corrected chi connectivity index (χ1v) is 11.4. The molecule has 0 radical (unpaired) electrons. The first-order valence-electron chi connectivity index (χ1n) is 9.79. The topological polar surface area (TPSA) is 66.5 Å². The summed E-state index contributed by atoms with van der Waals surface area (Å²) in [7, 11) is 1.69. The third-order valence-corrected chi connectivity index (χ3v) is 7.02. The number of benzene rings is 2. The first kappa shape index (κ1) is 20.7. The predicted molar refractivity (Wildman–Crippen MR) is 124 cm³/mol. The third kappa shape index (κ3) is 4.77. The van der Waals surface area contributed by atoms with Gasteiger partial charge in [0.15, 0.2) is 5.13 Å². The summed E-state index contributed by atoms with van der Waals surface area (Å²) in [5.74, 6) is 0.745. The van der Waals surface area contributed by atoms with Gasteiger partial charge in [-0.25, -0.2) is 4.98 Å². The summed E-state index contributed by atoms with van der Waals surface area (Å²) in [6, 6.07) is 15.9. The van der Waals surface area contributed by atoms with Gasteiger partial charge >= 0.3 is 0 Å². The number of methoxy groups -OCH3 is 1. The van der Waals surface area contributed by atoms with Crippen molar-refractivity contribution in [2.45, 2.75) is 16.0 Å². The zero-order valence-corrected chi connectivity index (χ0v) is 18.6. The van der Waals surface area contributed by atoms with Gasteiger partial charge in [0.1, 0.15) is 11.4 Å². The fourth-order valence-corrected chi connectivity index (χ4v) is 5.57. The molecule has 6 nitrogen and oxygen atoms in total. The Balaban J connectivity index is 1.68. The second-order valence-electron chi connectivity index (χ2n) is 6.88. The van der Waals surface area contributed by atoms with Crippen molar-refractivity contribution in [2.24, 2.45) is 0 Å². The van der Waals surface area contributed by atoms with E-state index in [0.717, 1.165) is 63.1 Å². The minimum absolute atomic E-state index is 0.0722. The summed E-state index contributed by atoms with van der Waals surface area (Å²) in [6.07, 6.45) is 0. The second-order valence-corrected chi connectivity index (χ2v) is 9.20. The van der Waals surface area contributed by atoms with Gasteiger partial charge in [-0.15, -0.1) is 0 Å². The van der Waals surface area contributed by atoms with Gasteiger partial charge in [-0.3, -0.25) is 4.79 Å². The Hall–Kier alpha value is -2.55. The van der Waals surface area contributed by atoms with Gasteiger partial charge in [0.25, 0.3) is 0 Å². The summed E-state index contributed by atoms with van der Waals surface area (Å²) in [5, 5.41) is 7.24. The second kappa shape index (κ2) is 9.51. The normalized spacial score (nSPS) is 13.9. The molecule has 0 spiro atoms. The molecule has 1 saturated heterocycles. The minimum Gasteiger partial charge on any atom is -0.496 e. The number of thiazole rings is 1. The van der Waals surface area contributed by atoms with Crippen LogP contribution in [0.5, 0.6) is 5.75 Å². The molecule has 1 fully saturated rings. The van der Waals surface area contributed by atoms with E-state index in [-0.39, 0.29) is 5.91 Å². The maximum Gasteiger partial charge on any atom is 0.221 e. The number of amides is 1. The van der Waals surface area contributed by atoms with Crippen molar-refractivity contribution >= 4 is 39.8 Å². The molecule has 2 heterocycles. The Bertz CT molecular complexity index is 1010. The lowest BCUT2D eigenvalue weighted by atomic mass is 10.1. The fourth-order valence-electron chi connectivity index (χ4n) is 3.28. The van der Waals surface area contributed by atoms with Crippen LogP contribution in [0.15, 0.2) is 57.6 Å². The van der Waals surface area contributed by atoms with Crippen molar-refractivity contribution in [1.29, 1.82) is 0 Å². The molecule has 1 aromatic heterocycles. The van der Waals surface area contributed by atoms with Crippen molar-refractivity contribution in [1.82, 2.24) is 10.3 Å². The summed E-state index contributed by atoms with van der Waals surface area (Å²) < 4.78 is 6.73. The van der Waals surface area contributed by atoms with E-state index in [1.54, 1.807) is 30.2 Å². The van der Waals surface area contributed by atoms with Gasteiger partial charge in [0, 0.05) is 49.2 Å². The Labute approximate surface area is 184 Å². The Morgan fingerprint density at radius 3 is 2.60 bits per heavy atom. The summed E-state index contributed by atoms with van der Waals surface area (Å²) in [5.41, 5.74) is 2.74. The van der Waals surface area contributed by atoms with Gasteiger partial charge in [-0.2, -0.15) is 0 Å². The molecular weight excluding hydrogens is 416 g/mol. The number of aromatic nitrogens is 1. The van der Waals surface area contributed by atoms with E-state index in [1.165, 1.54) is 6.92 Å². The molecule has 2 aromatic carbocycles. The SMILES string of the molecule is COc1ccccc1-c1nc(N2CCNCC2)sc1Sc1ccc(NC(C)=O)cc1. The summed E-state index contributed by atoms with van der Waals surface area (Å²) >= 11 is 3.40. The molecule has 30 heavy (non-hydrogen) atoms. The first-order chi connectivity index (χ1) is 14.6. The highest BCUT2D eigenvalue weighted by atomic mass is 32.2. The van der Waals surface area contributed by atoms with Crippen LogP contribution in [0.4, 0.5) is 10.8 Å². The lowest BCUT2D eigenvalue weighted by Crippen LogP contribution is -2.43. The molecule has 0 unspecified atom stereocenters. The van der Waals surface area contributed by atoms with Crippen LogP contribution in [0.25, 0.3) is 11.3 Å². The predicted octanol–water partition coefficient (Wildman–Crippen LogP) is 4.34. The molecule has 0 atom stereocenters. The van der Waals surface area contributed by atoms with Gasteiger partial charge in [-0.1, -0.05) is 35.2 Å². The maximum absolute atomic E-state index is 11.3. The number of piperazine rings is 1. The van der Waals surface area contributed by atoms with Crippen LogP contribution in [0.2, 0.25) is 0 Å². The van der Waals surface area contributed by atoms with Crippen LogP contribution in [-0.2, 0) is 4.79 Å². The number of nitrogens with one attached hydrogen (secondary N) is 2. The van der Waals surface area contributed by atoms with Gasteiger partial charge in [-0.05, 0) is 36.4 Å². The van der Waals surface area contributed by atoms with Crippen LogP contribution in [0.3, 0.4) is 0 Å². The highest BCUT2D eigenvalue weighted by Crippen LogP contribution is 2.45. The number of carbonyl (C=O) groups is 1. The summed E-state index contributed by atoms with van der Waals surface area (Å²) in [6.45, 7) is 5.35. The van der Waals surface area contributed by atoms with E-state index < -0.39 is 0 Å². The van der Waals surface area contributed by atoms with E-state index in [4.69, 9.17) is 9.72 Å². The average Bonchev–Trinajstić information content (AvgIpc) is 3.19. The van der Waals surface area contributed by atoms with Gasteiger partial charge < -0.3 is 20.3 Å². The van der Waals surface area contributed by atoms with Crippen LogP contribution in [-0.4, -0.2) is 44.2 Å². The number of para-hydroxylation sites is 1. The van der Waals surface area contributed by atoms with E-state index in [1.807, 2.05) is 42.5 Å². The largest absolute Gasteiger partial charge is 0.496 e. The maximum atomic E-state index is 11.3. The van der Waals surface area contributed by atoms with E-state index in [0.29, 0.717) is 0 Å². The minimum atomic E-state index is -0.0722. The smallest absolute Gasteiger partial charge is 0.221 e. The zero-order valence-electron chi connectivity index (χ0n) is 17.0. The number of anilines is 2. The van der Waals surface area contributed by atoms with Crippen LogP contribution in [0, 0.1) is 0 Å². The number of nitrogens with zero attached hydrogens (tertiary/aromatic N) is 2. The molecular formula is C22H24N4O2S2. The monoisotopic (exact) mass is 440 g/mol. The van der Waals surface area contributed by atoms with Crippen molar-refractivity contribution < 1.29 is 9.53 Å². The van der Waals surface area contributed by atoms with Crippen LogP contribution >= 0.6 is 23.1 Å². The molecule has 1 aliphatic rings. The number of hydrogen-bond donors (Lipinski definition) is 2. The number of ether oxygens (including phenoxy) is 1. The molecule has 1 amide bonds. The molecule has 0 saturated carbocycles. The Morgan fingerprint density at radius 2 is 1.90 bits per heavy atom. The average molecular weight is 441 g/mol. The molecule has 0 aliphatic carbocycles. The molecule has 1 aliphatic heterocycles. The fraction of sp³-hybridized carbons (Fsp3) is 0.273. The lowest BCUT2D eigenvalue weighted by Gasteiger charge is -2.26. The van der Waals surface area contributed by atoms with Crippen LogP contribution in [0.1, 0.15) is 6.92 Å². The van der Waals surface area contributed by atoms with Gasteiger partial charge in [0.2, 0.25) is 5.91 Å². The zero-order chi connectivity index (χ0) is 20.9. The van der Waals surface area contributed by atoms with Crippen molar-refractivity contribution in [2.75, 3.05) is 43.5 Å².